The van der Waals surface area contributed by atoms with Gasteiger partial charge in [0.15, 0.2) is 0 Å². The SMILES string of the molecule is O=C(/C=C/c1ccsc1)NCC(O)c1cccs1. The highest BCUT2D eigenvalue weighted by atomic mass is 32.1. The minimum Gasteiger partial charge on any atom is -0.386 e. The number of thiophene rings is 2. The van der Waals surface area contributed by atoms with Gasteiger partial charge in [-0.1, -0.05) is 6.07 Å². The van der Waals surface area contributed by atoms with Gasteiger partial charge in [-0.3, -0.25) is 4.79 Å². The predicted octanol–water partition coefficient (Wildman–Crippen LogP) is 2.67. The fourth-order valence-electron chi connectivity index (χ4n) is 1.38. The number of hydrogen-bond acceptors (Lipinski definition) is 4. The second-order valence-electron chi connectivity index (χ2n) is 3.67. The molecule has 0 radical (unpaired) electrons. The Morgan fingerprint density at radius 3 is 3.00 bits per heavy atom. The lowest BCUT2D eigenvalue weighted by Crippen LogP contribution is -2.26. The average Bonchev–Trinajstić information content (AvgIpc) is 3.05. The zero-order valence-electron chi connectivity index (χ0n) is 9.58. The van der Waals surface area contributed by atoms with Gasteiger partial charge in [0.05, 0.1) is 0 Å². The molecule has 0 aliphatic rings. The monoisotopic (exact) mass is 279 g/mol. The number of aliphatic hydroxyl groups is 1. The van der Waals surface area contributed by atoms with Crippen LogP contribution in [0.1, 0.15) is 16.5 Å². The van der Waals surface area contributed by atoms with E-state index in [1.807, 2.05) is 34.3 Å². The Hall–Kier alpha value is -1.43. The Kier molecular flexibility index (Phi) is 4.69. The van der Waals surface area contributed by atoms with Gasteiger partial charge < -0.3 is 10.4 Å². The summed E-state index contributed by atoms with van der Waals surface area (Å²) >= 11 is 3.06. The Bertz CT molecular complexity index is 503. The lowest BCUT2D eigenvalue weighted by Gasteiger charge is -2.08. The second-order valence-corrected chi connectivity index (χ2v) is 5.43. The van der Waals surface area contributed by atoms with Crippen LogP contribution in [-0.2, 0) is 4.79 Å². The fourth-order valence-corrected chi connectivity index (χ4v) is 2.72. The van der Waals surface area contributed by atoms with Crippen molar-refractivity contribution >= 4 is 34.7 Å². The summed E-state index contributed by atoms with van der Waals surface area (Å²) in [6.45, 7) is 0.229. The van der Waals surface area contributed by atoms with E-state index in [9.17, 15) is 9.90 Å². The van der Waals surface area contributed by atoms with Crippen molar-refractivity contribution in [1.82, 2.24) is 5.32 Å². The van der Waals surface area contributed by atoms with E-state index in [0.717, 1.165) is 10.4 Å². The summed E-state index contributed by atoms with van der Waals surface area (Å²) in [4.78, 5) is 12.4. The maximum Gasteiger partial charge on any atom is 0.244 e. The number of amides is 1. The molecular weight excluding hydrogens is 266 g/mol. The third-order valence-electron chi connectivity index (χ3n) is 2.31. The van der Waals surface area contributed by atoms with Crippen LogP contribution in [0.5, 0.6) is 0 Å². The molecule has 0 aliphatic carbocycles. The summed E-state index contributed by atoms with van der Waals surface area (Å²) in [6.07, 6.45) is 2.59. The van der Waals surface area contributed by atoms with Crippen molar-refractivity contribution in [2.75, 3.05) is 6.54 Å². The van der Waals surface area contributed by atoms with Crippen molar-refractivity contribution in [1.29, 1.82) is 0 Å². The van der Waals surface area contributed by atoms with Crippen LogP contribution in [0, 0.1) is 0 Å². The molecule has 0 spiro atoms. The smallest absolute Gasteiger partial charge is 0.244 e. The summed E-state index contributed by atoms with van der Waals surface area (Å²) < 4.78 is 0. The Labute approximate surface area is 113 Å². The molecule has 0 aromatic carbocycles. The molecule has 0 fully saturated rings. The molecule has 2 N–H and O–H groups in total. The maximum absolute atomic E-state index is 11.5. The molecule has 0 aliphatic heterocycles. The van der Waals surface area contributed by atoms with E-state index in [-0.39, 0.29) is 12.5 Å². The summed E-state index contributed by atoms with van der Waals surface area (Å²) in [5.41, 5.74) is 1.01. The molecule has 18 heavy (non-hydrogen) atoms. The molecular formula is C13H13NO2S2. The normalized spacial score (nSPS) is 12.7. The zero-order valence-corrected chi connectivity index (χ0v) is 11.2. The van der Waals surface area contributed by atoms with Gasteiger partial charge in [0.1, 0.15) is 6.10 Å². The molecule has 0 saturated carbocycles. The van der Waals surface area contributed by atoms with E-state index >= 15 is 0 Å². The third kappa shape index (κ3) is 3.80. The van der Waals surface area contributed by atoms with E-state index < -0.39 is 6.10 Å². The minimum absolute atomic E-state index is 0.197. The predicted molar refractivity (Wildman–Crippen MR) is 75.6 cm³/mol. The summed E-state index contributed by atoms with van der Waals surface area (Å²) in [6, 6.07) is 5.67. The number of hydrogen-bond donors (Lipinski definition) is 2. The van der Waals surface area contributed by atoms with Crippen molar-refractivity contribution in [2.24, 2.45) is 0 Å². The quantitative estimate of drug-likeness (QED) is 0.827. The summed E-state index contributed by atoms with van der Waals surface area (Å²) in [5.74, 6) is -0.197. The van der Waals surface area contributed by atoms with Crippen molar-refractivity contribution in [3.05, 3.63) is 50.9 Å². The van der Waals surface area contributed by atoms with Crippen molar-refractivity contribution in [3.8, 4) is 0 Å². The van der Waals surface area contributed by atoms with Crippen LogP contribution in [0.15, 0.2) is 40.4 Å². The maximum atomic E-state index is 11.5. The van der Waals surface area contributed by atoms with Gasteiger partial charge in [0.2, 0.25) is 5.91 Å². The lowest BCUT2D eigenvalue weighted by atomic mass is 10.3. The van der Waals surface area contributed by atoms with Gasteiger partial charge in [-0.2, -0.15) is 11.3 Å². The molecule has 94 valence electrons. The van der Waals surface area contributed by atoms with Gasteiger partial charge in [0, 0.05) is 17.5 Å². The van der Waals surface area contributed by atoms with E-state index in [1.54, 1.807) is 17.4 Å². The Morgan fingerprint density at radius 2 is 2.33 bits per heavy atom. The van der Waals surface area contributed by atoms with Crippen LogP contribution < -0.4 is 5.32 Å². The second kappa shape index (κ2) is 6.49. The van der Waals surface area contributed by atoms with Crippen molar-refractivity contribution in [3.63, 3.8) is 0 Å². The van der Waals surface area contributed by atoms with Crippen LogP contribution in [0.25, 0.3) is 6.08 Å². The Morgan fingerprint density at radius 1 is 1.44 bits per heavy atom. The first kappa shape index (κ1) is 13.0. The Balaban J connectivity index is 1.78. The van der Waals surface area contributed by atoms with E-state index in [0.29, 0.717) is 0 Å². The third-order valence-corrected chi connectivity index (χ3v) is 3.99. The highest BCUT2D eigenvalue weighted by Crippen LogP contribution is 2.17. The van der Waals surface area contributed by atoms with Crippen LogP contribution in [0.4, 0.5) is 0 Å². The van der Waals surface area contributed by atoms with E-state index in [1.165, 1.54) is 17.4 Å². The molecule has 0 bridgehead atoms. The number of carbonyl (C=O) groups excluding carboxylic acids is 1. The highest BCUT2D eigenvalue weighted by Gasteiger charge is 2.08. The lowest BCUT2D eigenvalue weighted by molar-refractivity contribution is -0.116. The molecule has 2 aromatic heterocycles. The first-order valence-corrected chi connectivity index (χ1v) is 7.27. The fraction of sp³-hybridized carbons (Fsp3) is 0.154. The standard InChI is InChI=1S/C13H13NO2S2/c15-11(12-2-1-6-18-12)8-14-13(16)4-3-10-5-7-17-9-10/h1-7,9,11,15H,8H2,(H,14,16)/b4-3+. The van der Waals surface area contributed by atoms with Gasteiger partial charge >= 0.3 is 0 Å². The minimum atomic E-state index is -0.636. The topological polar surface area (TPSA) is 49.3 Å². The summed E-state index contributed by atoms with van der Waals surface area (Å²) in [7, 11) is 0. The molecule has 1 unspecified atom stereocenters. The number of rotatable bonds is 5. The number of nitrogens with one attached hydrogen (secondary N) is 1. The molecule has 2 aromatic rings. The van der Waals surface area contributed by atoms with Crippen LogP contribution >= 0.6 is 22.7 Å². The molecule has 1 atom stereocenters. The molecule has 0 saturated heterocycles. The van der Waals surface area contributed by atoms with E-state index in [2.05, 4.69) is 5.32 Å². The first-order chi connectivity index (χ1) is 8.75. The number of aliphatic hydroxyl groups excluding tert-OH is 1. The van der Waals surface area contributed by atoms with Gasteiger partial charge in [-0.25, -0.2) is 0 Å². The summed E-state index contributed by atoms with van der Waals surface area (Å²) in [5, 5.41) is 18.3. The molecule has 1 amide bonds. The van der Waals surface area contributed by atoms with Crippen LogP contribution in [-0.4, -0.2) is 17.6 Å². The average molecular weight is 279 g/mol. The van der Waals surface area contributed by atoms with Crippen LogP contribution in [0.2, 0.25) is 0 Å². The van der Waals surface area contributed by atoms with Crippen molar-refractivity contribution in [2.45, 2.75) is 6.10 Å². The highest BCUT2D eigenvalue weighted by molar-refractivity contribution is 7.10. The van der Waals surface area contributed by atoms with Gasteiger partial charge in [0.25, 0.3) is 0 Å². The molecule has 5 heteroatoms. The zero-order chi connectivity index (χ0) is 12.8. The molecule has 2 heterocycles. The number of carbonyl (C=O) groups is 1. The molecule has 2 rings (SSSR count). The van der Waals surface area contributed by atoms with Gasteiger partial charge in [-0.15, -0.1) is 11.3 Å². The van der Waals surface area contributed by atoms with Crippen LogP contribution in [0.3, 0.4) is 0 Å². The van der Waals surface area contributed by atoms with E-state index in [4.69, 9.17) is 0 Å². The largest absolute Gasteiger partial charge is 0.386 e. The first-order valence-electron chi connectivity index (χ1n) is 5.45. The van der Waals surface area contributed by atoms with Gasteiger partial charge in [-0.05, 0) is 39.9 Å². The molecule has 3 nitrogen and oxygen atoms in total. The van der Waals surface area contributed by atoms with Crippen molar-refractivity contribution < 1.29 is 9.90 Å².